The summed E-state index contributed by atoms with van der Waals surface area (Å²) in [5, 5.41) is 20.7. The van der Waals surface area contributed by atoms with E-state index in [-0.39, 0.29) is 5.56 Å². The summed E-state index contributed by atoms with van der Waals surface area (Å²) in [4.78, 5) is 11.0. The van der Waals surface area contributed by atoms with E-state index >= 15 is 0 Å². The van der Waals surface area contributed by atoms with E-state index in [9.17, 15) is 4.79 Å². The van der Waals surface area contributed by atoms with E-state index in [0.717, 1.165) is 0 Å². The lowest BCUT2D eigenvalue weighted by Crippen LogP contribution is -2.07. The molecule has 1 aromatic heterocycles. The van der Waals surface area contributed by atoms with Gasteiger partial charge in [0.05, 0.1) is 11.3 Å². The average molecular weight is 236 g/mol. The van der Waals surface area contributed by atoms with Crippen molar-refractivity contribution < 1.29 is 9.90 Å². The highest BCUT2D eigenvalue weighted by Gasteiger charge is 2.14. The van der Waals surface area contributed by atoms with Gasteiger partial charge in [-0.15, -0.1) is 5.10 Å². The molecule has 0 unspecified atom stereocenters. The van der Waals surface area contributed by atoms with Crippen LogP contribution in [0.2, 0.25) is 0 Å². The summed E-state index contributed by atoms with van der Waals surface area (Å²) in [5.74, 6) is -1.00. The normalized spacial score (nSPS) is 10.3. The number of thioether (sulfide) groups is 1. The molecule has 0 aliphatic heterocycles. The van der Waals surface area contributed by atoms with Crippen LogP contribution in [0.5, 0.6) is 0 Å². The minimum atomic E-state index is -1.00. The number of carboxylic acids is 1. The van der Waals surface area contributed by atoms with Gasteiger partial charge in [0.2, 0.25) is 5.16 Å². The first-order valence-corrected chi connectivity index (χ1v) is 5.61. The molecule has 0 bridgehead atoms. The van der Waals surface area contributed by atoms with Crippen molar-refractivity contribution in [2.75, 3.05) is 6.26 Å². The maximum atomic E-state index is 11.0. The van der Waals surface area contributed by atoms with Crippen molar-refractivity contribution in [3.8, 4) is 5.69 Å². The predicted octanol–water partition coefficient (Wildman–Crippen LogP) is 1.08. The van der Waals surface area contributed by atoms with Gasteiger partial charge in [0.1, 0.15) is 0 Å². The highest BCUT2D eigenvalue weighted by Crippen LogP contribution is 2.18. The molecule has 0 aliphatic carbocycles. The molecule has 1 heterocycles. The number of nitrogens with zero attached hydrogens (tertiary/aromatic N) is 4. The molecule has 82 valence electrons. The van der Waals surface area contributed by atoms with Crippen molar-refractivity contribution in [1.82, 2.24) is 20.2 Å². The molecular formula is C9H8N4O2S. The summed E-state index contributed by atoms with van der Waals surface area (Å²) >= 11 is 1.35. The second kappa shape index (κ2) is 4.31. The first-order chi connectivity index (χ1) is 7.74. The first kappa shape index (κ1) is 10.6. The molecule has 0 amide bonds. The van der Waals surface area contributed by atoms with Gasteiger partial charge in [-0.1, -0.05) is 23.9 Å². The molecule has 0 radical (unpaired) electrons. The third kappa shape index (κ3) is 1.76. The molecule has 1 N–H and O–H groups in total. The Kier molecular flexibility index (Phi) is 2.86. The molecule has 2 rings (SSSR count). The van der Waals surface area contributed by atoms with Gasteiger partial charge in [0, 0.05) is 0 Å². The molecule has 0 spiro atoms. The van der Waals surface area contributed by atoms with Gasteiger partial charge in [0.15, 0.2) is 0 Å². The van der Waals surface area contributed by atoms with Gasteiger partial charge >= 0.3 is 5.97 Å². The molecule has 0 fully saturated rings. The van der Waals surface area contributed by atoms with Gasteiger partial charge in [-0.3, -0.25) is 0 Å². The Bertz CT molecular complexity index is 526. The predicted molar refractivity (Wildman–Crippen MR) is 57.9 cm³/mol. The standard InChI is InChI=1S/C9H8N4O2S/c1-16-9-10-11-12-13(9)7-5-3-2-4-6(7)8(14)15/h2-5H,1H3,(H,14,15). The fourth-order valence-electron chi connectivity index (χ4n) is 1.30. The van der Waals surface area contributed by atoms with Gasteiger partial charge in [-0.25, -0.2) is 4.79 Å². The molecule has 16 heavy (non-hydrogen) atoms. The maximum absolute atomic E-state index is 11.0. The maximum Gasteiger partial charge on any atom is 0.337 e. The van der Waals surface area contributed by atoms with Gasteiger partial charge < -0.3 is 5.11 Å². The molecule has 0 atom stereocenters. The summed E-state index contributed by atoms with van der Waals surface area (Å²) in [6.45, 7) is 0. The monoisotopic (exact) mass is 236 g/mol. The summed E-state index contributed by atoms with van der Waals surface area (Å²) < 4.78 is 1.41. The van der Waals surface area contributed by atoms with E-state index < -0.39 is 5.97 Å². The van der Waals surface area contributed by atoms with Crippen LogP contribution in [0, 0.1) is 0 Å². The van der Waals surface area contributed by atoms with Crippen LogP contribution in [0.25, 0.3) is 5.69 Å². The van der Waals surface area contributed by atoms with E-state index in [1.807, 2.05) is 6.26 Å². The van der Waals surface area contributed by atoms with E-state index in [0.29, 0.717) is 10.8 Å². The van der Waals surface area contributed by atoms with Gasteiger partial charge in [-0.05, 0) is 28.8 Å². The van der Waals surface area contributed by atoms with E-state index in [2.05, 4.69) is 15.5 Å². The summed E-state index contributed by atoms with van der Waals surface area (Å²) in [6, 6.07) is 6.59. The van der Waals surface area contributed by atoms with Crippen LogP contribution in [0.1, 0.15) is 10.4 Å². The van der Waals surface area contributed by atoms with Crippen LogP contribution in [-0.4, -0.2) is 37.5 Å². The van der Waals surface area contributed by atoms with E-state index in [1.165, 1.54) is 22.5 Å². The minimum Gasteiger partial charge on any atom is -0.478 e. The molecular weight excluding hydrogens is 228 g/mol. The Labute approximate surface area is 95.3 Å². The number of hydrogen-bond donors (Lipinski definition) is 1. The second-order valence-electron chi connectivity index (χ2n) is 2.90. The van der Waals surface area contributed by atoms with Crippen molar-refractivity contribution in [2.24, 2.45) is 0 Å². The van der Waals surface area contributed by atoms with E-state index in [1.54, 1.807) is 18.2 Å². The molecule has 1 aromatic carbocycles. The lowest BCUT2D eigenvalue weighted by atomic mass is 10.2. The lowest BCUT2D eigenvalue weighted by molar-refractivity contribution is 0.0696. The first-order valence-electron chi connectivity index (χ1n) is 4.39. The Morgan fingerprint density at radius 3 is 2.88 bits per heavy atom. The van der Waals surface area contributed by atoms with E-state index in [4.69, 9.17) is 5.11 Å². The summed E-state index contributed by atoms with van der Waals surface area (Å²) in [7, 11) is 0. The number of rotatable bonds is 3. The zero-order valence-corrected chi connectivity index (χ0v) is 9.18. The summed E-state index contributed by atoms with van der Waals surface area (Å²) in [5.41, 5.74) is 0.634. The molecule has 6 nitrogen and oxygen atoms in total. The second-order valence-corrected chi connectivity index (χ2v) is 3.67. The Morgan fingerprint density at radius 2 is 2.19 bits per heavy atom. The Balaban J connectivity index is 2.60. The van der Waals surface area contributed by atoms with Crippen molar-refractivity contribution in [3.63, 3.8) is 0 Å². The number of benzene rings is 1. The third-order valence-electron chi connectivity index (χ3n) is 1.99. The molecule has 0 saturated heterocycles. The van der Waals surface area contributed by atoms with Gasteiger partial charge in [-0.2, -0.15) is 4.68 Å². The van der Waals surface area contributed by atoms with Crippen LogP contribution in [0.3, 0.4) is 0 Å². The molecule has 0 aliphatic rings. The number of carbonyl (C=O) groups is 1. The highest BCUT2D eigenvalue weighted by molar-refractivity contribution is 7.98. The smallest absolute Gasteiger partial charge is 0.337 e. The number of aromatic carboxylic acids is 1. The minimum absolute atomic E-state index is 0.171. The Hall–Kier alpha value is -1.89. The topological polar surface area (TPSA) is 80.9 Å². The number of carboxylic acid groups (broad SMARTS) is 1. The molecule has 7 heteroatoms. The van der Waals surface area contributed by atoms with Crippen LogP contribution in [0.4, 0.5) is 0 Å². The summed E-state index contributed by atoms with van der Waals surface area (Å²) in [6.07, 6.45) is 1.82. The third-order valence-corrected chi connectivity index (χ3v) is 2.61. The van der Waals surface area contributed by atoms with Crippen molar-refractivity contribution >= 4 is 17.7 Å². The zero-order chi connectivity index (χ0) is 11.5. The number of para-hydroxylation sites is 1. The van der Waals surface area contributed by atoms with Crippen LogP contribution < -0.4 is 0 Å². The van der Waals surface area contributed by atoms with Gasteiger partial charge in [0.25, 0.3) is 0 Å². The number of aromatic nitrogens is 4. The van der Waals surface area contributed by atoms with Crippen LogP contribution >= 0.6 is 11.8 Å². The van der Waals surface area contributed by atoms with Crippen LogP contribution in [0.15, 0.2) is 29.4 Å². The highest BCUT2D eigenvalue weighted by atomic mass is 32.2. The lowest BCUT2D eigenvalue weighted by Gasteiger charge is -2.05. The zero-order valence-electron chi connectivity index (χ0n) is 8.36. The van der Waals surface area contributed by atoms with Crippen molar-refractivity contribution in [1.29, 1.82) is 0 Å². The fourth-order valence-corrected chi connectivity index (χ4v) is 1.72. The Morgan fingerprint density at radius 1 is 1.44 bits per heavy atom. The van der Waals surface area contributed by atoms with Crippen molar-refractivity contribution in [2.45, 2.75) is 5.16 Å². The fraction of sp³-hybridized carbons (Fsp3) is 0.111. The number of hydrogen-bond acceptors (Lipinski definition) is 5. The number of tetrazole rings is 1. The SMILES string of the molecule is CSc1nnnn1-c1ccccc1C(=O)O. The van der Waals surface area contributed by atoms with Crippen LogP contribution in [-0.2, 0) is 0 Å². The van der Waals surface area contributed by atoms with Crippen molar-refractivity contribution in [3.05, 3.63) is 29.8 Å². The largest absolute Gasteiger partial charge is 0.478 e. The average Bonchev–Trinajstić information content (AvgIpc) is 2.76. The molecule has 2 aromatic rings. The molecule has 0 saturated carbocycles. The quantitative estimate of drug-likeness (QED) is 0.803.